The molecule has 0 unspecified atom stereocenters. The van der Waals surface area contributed by atoms with Gasteiger partial charge in [0.05, 0.1) is 25.9 Å². The number of esters is 3. The van der Waals surface area contributed by atoms with Gasteiger partial charge in [-0.1, -0.05) is 13.2 Å². The van der Waals surface area contributed by atoms with Gasteiger partial charge < -0.3 is 14.2 Å². The van der Waals surface area contributed by atoms with E-state index in [1.807, 2.05) is 6.07 Å². The highest BCUT2D eigenvalue weighted by molar-refractivity contribution is 5.93. The predicted octanol–water partition coefficient (Wildman–Crippen LogP) is 2.08. The largest absolute Gasteiger partial charge is 0.465 e. The van der Waals surface area contributed by atoms with Crippen LogP contribution in [-0.4, -0.2) is 37.7 Å². The normalized spacial score (nSPS) is 10.2. The number of ether oxygens (including phenoxy) is 3. The van der Waals surface area contributed by atoms with Crippen LogP contribution < -0.4 is 0 Å². The van der Waals surface area contributed by atoms with Crippen LogP contribution in [0.5, 0.6) is 0 Å². The van der Waals surface area contributed by atoms with Crippen LogP contribution in [0, 0.1) is 16.7 Å². The van der Waals surface area contributed by atoms with E-state index in [-0.39, 0.29) is 43.8 Å². The Morgan fingerprint density at radius 3 is 1.54 bits per heavy atom. The number of hydrogen-bond acceptors (Lipinski definition) is 7. The SMILES string of the molecule is C=C(CC(C#N)(CC(=C)C(=O)OCC)C(=O)OCC)C(=O)OCC. The fourth-order valence-electron chi connectivity index (χ4n) is 1.94. The van der Waals surface area contributed by atoms with Gasteiger partial charge in [-0.15, -0.1) is 0 Å². The number of carbonyl (C=O) groups is 3. The van der Waals surface area contributed by atoms with Crippen LogP contribution in [0.3, 0.4) is 0 Å². The Balaban J connectivity index is 5.51. The molecule has 0 aromatic carbocycles. The second kappa shape index (κ2) is 10.2. The van der Waals surface area contributed by atoms with E-state index in [1.54, 1.807) is 20.8 Å². The van der Waals surface area contributed by atoms with Crippen LogP contribution >= 0.6 is 0 Å². The summed E-state index contributed by atoms with van der Waals surface area (Å²) in [4.78, 5) is 35.8. The maximum Gasteiger partial charge on any atom is 0.333 e. The van der Waals surface area contributed by atoms with Crippen LogP contribution in [0.15, 0.2) is 24.3 Å². The molecule has 0 radical (unpaired) electrons. The van der Waals surface area contributed by atoms with Crippen LogP contribution in [0.4, 0.5) is 0 Å². The van der Waals surface area contributed by atoms with Crippen molar-refractivity contribution in [1.82, 2.24) is 0 Å². The average Bonchev–Trinajstić information content (AvgIpc) is 2.54. The first-order valence-corrected chi connectivity index (χ1v) is 7.56. The molecule has 7 nitrogen and oxygen atoms in total. The summed E-state index contributed by atoms with van der Waals surface area (Å²) in [5, 5.41) is 9.56. The van der Waals surface area contributed by atoms with Gasteiger partial charge in [-0.05, 0) is 20.8 Å². The lowest BCUT2D eigenvalue weighted by atomic mass is 9.77. The van der Waals surface area contributed by atoms with Gasteiger partial charge in [0.1, 0.15) is 0 Å². The molecule has 0 spiro atoms. The van der Waals surface area contributed by atoms with E-state index in [4.69, 9.17) is 14.2 Å². The lowest BCUT2D eigenvalue weighted by Gasteiger charge is -2.25. The number of carbonyl (C=O) groups excluding carboxylic acids is 3. The molecule has 0 saturated heterocycles. The van der Waals surface area contributed by atoms with Gasteiger partial charge in [0.25, 0.3) is 0 Å². The highest BCUT2D eigenvalue weighted by atomic mass is 16.5. The zero-order chi connectivity index (χ0) is 18.8. The van der Waals surface area contributed by atoms with Gasteiger partial charge >= 0.3 is 17.9 Å². The Morgan fingerprint density at radius 2 is 1.25 bits per heavy atom. The lowest BCUT2D eigenvalue weighted by molar-refractivity contribution is -0.152. The number of nitriles is 1. The van der Waals surface area contributed by atoms with Gasteiger partial charge in [0, 0.05) is 24.0 Å². The van der Waals surface area contributed by atoms with Crippen LogP contribution in [0.25, 0.3) is 0 Å². The van der Waals surface area contributed by atoms with Crippen molar-refractivity contribution in [1.29, 1.82) is 5.26 Å². The molecular weight excluding hydrogens is 314 g/mol. The summed E-state index contributed by atoms with van der Waals surface area (Å²) in [6.07, 6.45) is -0.667. The third-order valence-corrected chi connectivity index (χ3v) is 3.04. The van der Waals surface area contributed by atoms with E-state index in [0.717, 1.165) is 0 Å². The molecule has 0 aliphatic rings. The molecular formula is C17H23NO6. The van der Waals surface area contributed by atoms with Crippen LogP contribution in [0.1, 0.15) is 33.6 Å². The fraction of sp³-hybridized carbons (Fsp3) is 0.529. The van der Waals surface area contributed by atoms with Crippen molar-refractivity contribution in [2.75, 3.05) is 19.8 Å². The second-order valence-electron chi connectivity index (χ2n) is 4.92. The van der Waals surface area contributed by atoms with E-state index in [2.05, 4.69) is 13.2 Å². The molecule has 0 saturated carbocycles. The first-order valence-electron chi connectivity index (χ1n) is 7.56. The molecule has 132 valence electrons. The van der Waals surface area contributed by atoms with Crippen LogP contribution in [0.2, 0.25) is 0 Å². The Labute approximate surface area is 141 Å². The highest BCUT2D eigenvalue weighted by Crippen LogP contribution is 2.34. The second-order valence-corrected chi connectivity index (χ2v) is 4.92. The molecule has 0 atom stereocenters. The van der Waals surface area contributed by atoms with Crippen molar-refractivity contribution in [2.45, 2.75) is 33.6 Å². The minimum atomic E-state index is -1.80. The maximum atomic E-state index is 12.3. The molecule has 24 heavy (non-hydrogen) atoms. The van der Waals surface area contributed by atoms with Gasteiger partial charge in [-0.2, -0.15) is 5.26 Å². The molecule has 0 aromatic heterocycles. The molecule has 0 aliphatic carbocycles. The van der Waals surface area contributed by atoms with E-state index in [0.29, 0.717) is 0 Å². The van der Waals surface area contributed by atoms with Crippen molar-refractivity contribution in [3.05, 3.63) is 24.3 Å². The number of rotatable bonds is 10. The quantitative estimate of drug-likeness (QED) is 0.341. The standard InChI is InChI=1S/C17H23NO6/c1-6-22-14(19)12(4)9-17(11-18,16(21)24-8-3)10-13(5)15(20)23-7-2/h4-10H2,1-3H3. The highest BCUT2D eigenvalue weighted by Gasteiger charge is 2.43. The summed E-state index contributed by atoms with van der Waals surface area (Å²) in [6.45, 7) is 12.2. The van der Waals surface area contributed by atoms with Gasteiger partial charge in [0.2, 0.25) is 0 Å². The van der Waals surface area contributed by atoms with Gasteiger partial charge in [-0.25, -0.2) is 9.59 Å². The number of hydrogen-bond donors (Lipinski definition) is 0. The molecule has 0 rings (SSSR count). The monoisotopic (exact) mass is 337 g/mol. The molecule has 0 amide bonds. The van der Waals surface area contributed by atoms with E-state index in [9.17, 15) is 19.6 Å². The molecule has 0 fully saturated rings. The average molecular weight is 337 g/mol. The van der Waals surface area contributed by atoms with Crippen molar-refractivity contribution < 1.29 is 28.6 Å². The molecule has 0 aromatic rings. The summed E-state index contributed by atoms with van der Waals surface area (Å²) in [5.41, 5.74) is -1.94. The first kappa shape index (κ1) is 21.4. The summed E-state index contributed by atoms with van der Waals surface area (Å²) >= 11 is 0. The molecule has 0 heterocycles. The third-order valence-electron chi connectivity index (χ3n) is 3.04. The van der Waals surface area contributed by atoms with E-state index < -0.39 is 23.3 Å². The topological polar surface area (TPSA) is 103 Å². The lowest BCUT2D eigenvalue weighted by Crippen LogP contribution is -2.35. The fourth-order valence-corrected chi connectivity index (χ4v) is 1.94. The molecule has 0 bridgehead atoms. The maximum absolute atomic E-state index is 12.3. The minimum Gasteiger partial charge on any atom is -0.465 e. The van der Waals surface area contributed by atoms with Crippen LogP contribution in [-0.2, 0) is 28.6 Å². The third kappa shape index (κ3) is 5.88. The zero-order valence-corrected chi connectivity index (χ0v) is 14.3. The molecule has 7 heteroatoms. The molecule has 0 N–H and O–H groups in total. The predicted molar refractivity (Wildman–Crippen MR) is 85.5 cm³/mol. The number of nitrogens with zero attached hydrogens (tertiary/aromatic N) is 1. The Kier molecular flexibility index (Phi) is 9.10. The Morgan fingerprint density at radius 1 is 0.875 bits per heavy atom. The van der Waals surface area contributed by atoms with E-state index >= 15 is 0 Å². The van der Waals surface area contributed by atoms with Crippen molar-refractivity contribution in [3.8, 4) is 6.07 Å². The van der Waals surface area contributed by atoms with Crippen molar-refractivity contribution >= 4 is 17.9 Å². The van der Waals surface area contributed by atoms with E-state index in [1.165, 1.54) is 0 Å². The summed E-state index contributed by atoms with van der Waals surface area (Å²) in [7, 11) is 0. The first-order chi connectivity index (χ1) is 11.3. The summed E-state index contributed by atoms with van der Waals surface area (Å²) in [6, 6.07) is 1.84. The van der Waals surface area contributed by atoms with Gasteiger partial charge in [-0.3, -0.25) is 4.79 Å². The smallest absolute Gasteiger partial charge is 0.333 e. The summed E-state index contributed by atoms with van der Waals surface area (Å²) in [5.74, 6) is -2.30. The summed E-state index contributed by atoms with van der Waals surface area (Å²) < 4.78 is 14.6. The Bertz CT molecular complexity index is 526. The molecule has 0 aliphatic heterocycles. The minimum absolute atomic E-state index is 0.0417. The van der Waals surface area contributed by atoms with Crippen molar-refractivity contribution in [2.24, 2.45) is 5.41 Å². The Hall–Kier alpha value is -2.62. The van der Waals surface area contributed by atoms with Crippen molar-refractivity contribution in [3.63, 3.8) is 0 Å². The van der Waals surface area contributed by atoms with Gasteiger partial charge in [0.15, 0.2) is 5.41 Å². The zero-order valence-electron chi connectivity index (χ0n) is 14.3.